The van der Waals surface area contributed by atoms with Crippen molar-refractivity contribution >= 4 is 33.3 Å². The lowest BCUT2D eigenvalue weighted by atomic mass is 10.0. The number of amides is 3. The number of nitrogens with one attached hydrogen (secondary N) is 2. The number of likely N-dealkylation sites (N-methyl/N-ethyl adjacent to an activating group) is 1. The monoisotopic (exact) mass is 702 g/mol. The van der Waals surface area contributed by atoms with Crippen LogP contribution in [-0.4, -0.2) is 86.9 Å². The molecule has 266 valence electrons. The van der Waals surface area contributed by atoms with Crippen LogP contribution in [0.5, 0.6) is 5.75 Å². The number of urea groups is 1. The topological polar surface area (TPSA) is 138 Å². The van der Waals surface area contributed by atoms with E-state index in [4.69, 9.17) is 9.47 Å². The van der Waals surface area contributed by atoms with Gasteiger partial charge in [0.05, 0.1) is 35.3 Å². The molecule has 0 fully saturated rings. The Bertz CT molecular complexity index is 1680. The minimum absolute atomic E-state index is 0.0870. The van der Waals surface area contributed by atoms with Gasteiger partial charge >= 0.3 is 6.03 Å². The molecule has 0 saturated carbocycles. The van der Waals surface area contributed by atoms with Crippen LogP contribution in [0, 0.1) is 17.6 Å². The Balaban J connectivity index is 1.62. The minimum Gasteiger partial charge on any atom is -0.490 e. The number of ether oxygens (including phenoxy) is 2. The number of halogens is 2. The molecule has 14 heteroatoms. The fourth-order valence-corrected chi connectivity index (χ4v) is 6.43. The number of carbonyl (C=O) groups excluding carboxylic acids is 2. The summed E-state index contributed by atoms with van der Waals surface area (Å²) in [5.74, 6) is -1.58. The second-order valence-corrected chi connectivity index (χ2v) is 14.1. The lowest BCUT2D eigenvalue weighted by Gasteiger charge is -2.35. The van der Waals surface area contributed by atoms with E-state index in [1.807, 2.05) is 13.8 Å². The predicted octanol–water partition coefficient (Wildman–Crippen LogP) is 5.73. The second-order valence-electron chi connectivity index (χ2n) is 12.4. The van der Waals surface area contributed by atoms with Crippen LogP contribution >= 0.6 is 0 Å². The van der Waals surface area contributed by atoms with Crippen molar-refractivity contribution in [2.45, 2.75) is 63.2 Å². The summed E-state index contributed by atoms with van der Waals surface area (Å²) in [4.78, 5) is 30.1. The summed E-state index contributed by atoms with van der Waals surface area (Å²) in [6, 6.07) is 13.1. The number of anilines is 2. The van der Waals surface area contributed by atoms with Crippen molar-refractivity contribution in [1.82, 2.24) is 9.80 Å². The molecule has 0 bridgehead atoms. The molecule has 11 nitrogen and oxygen atoms in total. The Morgan fingerprint density at radius 3 is 2.31 bits per heavy atom. The molecule has 3 N–H and O–H groups in total. The van der Waals surface area contributed by atoms with E-state index in [1.54, 1.807) is 14.0 Å². The van der Waals surface area contributed by atoms with Crippen molar-refractivity contribution in [3.8, 4) is 5.75 Å². The van der Waals surface area contributed by atoms with E-state index in [0.717, 1.165) is 37.1 Å². The SMILES string of the molecule is C[C@@H]1CCCCO[C@H](CN(C)C(=O)Nc2ccc(F)cc2)[C@@H](C)CN([C@H](C)CO)C(=O)c2cc(NS(=O)(=O)c3ccc(F)cc3)ccc2O1. The van der Waals surface area contributed by atoms with Gasteiger partial charge in [-0.25, -0.2) is 22.0 Å². The van der Waals surface area contributed by atoms with E-state index in [9.17, 15) is 31.9 Å². The maximum atomic E-state index is 14.3. The number of aliphatic hydroxyl groups excluding tert-OH is 1. The lowest BCUT2D eigenvalue weighted by Crippen LogP contribution is -2.48. The number of rotatable bonds is 8. The van der Waals surface area contributed by atoms with E-state index in [2.05, 4.69) is 10.0 Å². The fourth-order valence-electron chi connectivity index (χ4n) is 5.38. The van der Waals surface area contributed by atoms with Crippen molar-refractivity contribution < 1.29 is 41.4 Å². The average molecular weight is 703 g/mol. The first kappa shape index (κ1) is 37.5. The summed E-state index contributed by atoms with van der Waals surface area (Å²) in [5, 5.41) is 12.9. The molecule has 1 aliphatic rings. The highest BCUT2D eigenvalue weighted by Crippen LogP contribution is 2.29. The Kier molecular flexibility index (Phi) is 13.0. The first-order chi connectivity index (χ1) is 23.3. The smallest absolute Gasteiger partial charge is 0.321 e. The molecule has 4 rings (SSSR count). The van der Waals surface area contributed by atoms with E-state index < -0.39 is 45.7 Å². The molecule has 0 spiro atoms. The fraction of sp³-hybridized carbons (Fsp3) is 0.429. The summed E-state index contributed by atoms with van der Waals surface area (Å²) >= 11 is 0. The van der Waals surface area contributed by atoms with Crippen LogP contribution in [0.3, 0.4) is 0 Å². The number of sulfonamides is 1. The zero-order chi connectivity index (χ0) is 35.7. The van der Waals surface area contributed by atoms with Crippen LogP contribution in [-0.2, 0) is 14.8 Å². The van der Waals surface area contributed by atoms with Gasteiger partial charge in [-0.2, -0.15) is 0 Å². The zero-order valence-corrected chi connectivity index (χ0v) is 28.9. The van der Waals surface area contributed by atoms with Crippen LogP contribution in [0.1, 0.15) is 50.4 Å². The molecule has 0 aliphatic carbocycles. The highest BCUT2D eigenvalue weighted by molar-refractivity contribution is 7.92. The maximum Gasteiger partial charge on any atom is 0.321 e. The van der Waals surface area contributed by atoms with E-state index in [-0.39, 0.29) is 53.6 Å². The molecule has 0 unspecified atom stereocenters. The second kappa shape index (κ2) is 16.9. The molecule has 1 aliphatic heterocycles. The number of benzene rings is 3. The Hall–Kier alpha value is -4.27. The molecule has 1 heterocycles. The summed E-state index contributed by atoms with van der Waals surface area (Å²) in [5.41, 5.74) is 0.610. The van der Waals surface area contributed by atoms with Gasteiger partial charge in [0.2, 0.25) is 0 Å². The Morgan fingerprint density at radius 2 is 1.65 bits per heavy atom. The number of hydrogen-bond acceptors (Lipinski definition) is 7. The number of carbonyl (C=O) groups is 2. The van der Waals surface area contributed by atoms with Crippen molar-refractivity contribution in [1.29, 1.82) is 0 Å². The number of aliphatic hydroxyl groups is 1. The summed E-state index contributed by atoms with van der Waals surface area (Å²) < 4.78 is 67.9. The van der Waals surface area contributed by atoms with Gasteiger partial charge in [0.15, 0.2) is 0 Å². The lowest BCUT2D eigenvalue weighted by molar-refractivity contribution is -0.0115. The minimum atomic E-state index is -4.12. The van der Waals surface area contributed by atoms with Crippen LogP contribution in [0.25, 0.3) is 0 Å². The van der Waals surface area contributed by atoms with Gasteiger partial charge in [0.25, 0.3) is 15.9 Å². The summed E-state index contributed by atoms with van der Waals surface area (Å²) in [6.07, 6.45) is 1.32. The van der Waals surface area contributed by atoms with Crippen LogP contribution in [0.4, 0.5) is 25.0 Å². The first-order valence-corrected chi connectivity index (χ1v) is 17.7. The van der Waals surface area contributed by atoms with Gasteiger partial charge in [-0.15, -0.1) is 0 Å². The third-order valence-electron chi connectivity index (χ3n) is 8.32. The van der Waals surface area contributed by atoms with E-state index in [1.165, 1.54) is 52.3 Å². The zero-order valence-electron chi connectivity index (χ0n) is 28.1. The van der Waals surface area contributed by atoms with Crippen molar-refractivity contribution in [2.24, 2.45) is 5.92 Å². The summed E-state index contributed by atoms with van der Waals surface area (Å²) in [6.45, 7) is 5.81. The van der Waals surface area contributed by atoms with Crippen LogP contribution in [0.15, 0.2) is 71.6 Å². The van der Waals surface area contributed by atoms with Gasteiger partial charge in [0, 0.05) is 44.0 Å². The van der Waals surface area contributed by atoms with Crippen molar-refractivity contribution in [3.05, 3.63) is 83.9 Å². The summed E-state index contributed by atoms with van der Waals surface area (Å²) in [7, 11) is -2.50. The molecule has 0 radical (unpaired) electrons. The number of nitrogens with zero attached hydrogens (tertiary/aromatic N) is 2. The Labute approximate surface area is 286 Å². The van der Waals surface area contributed by atoms with Crippen LogP contribution < -0.4 is 14.8 Å². The third-order valence-corrected chi connectivity index (χ3v) is 9.72. The molecule has 0 aromatic heterocycles. The molecule has 0 saturated heterocycles. The quantitative estimate of drug-likeness (QED) is 0.273. The number of fused-ring (bicyclic) bond motifs is 1. The van der Waals surface area contributed by atoms with Crippen molar-refractivity contribution in [3.63, 3.8) is 0 Å². The van der Waals surface area contributed by atoms with Gasteiger partial charge < -0.3 is 29.7 Å². The molecule has 4 atom stereocenters. The van der Waals surface area contributed by atoms with E-state index >= 15 is 0 Å². The van der Waals surface area contributed by atoms with Crippen molar-refractivity contribution in [2.75, 3.05) is 43.4 Å². The maximum absolute atomic E-state index is 14.3. The standard InChI is InChI=1S/C35H44F2N4O7S/c1-23-20-41(24(2)22-42)34(43)31-19-29(39-49(45,46)30-15-10-27(37)11-16-30)14-17-32(31)48-25(3)7-5-6-18-47-33(23)21-40(4)35(44)38-28-12-8-26(36)9-13-28/h8-17,19,23-25,33,39,42H,5-7,18,20-22H2,1-4H3,(H,38,44)/t23-,24+,25+,33+/m0/s1. The van der Waals surface area contributed by atoms with Gasteiger partial charge in [-0.1, -0.05) is 6.92 Å². The van der Waals surface area contributed by atoms with Gasteiger partial charge in [-0.05, 0) is 99.8 Å². The van der Waals surface area contributed by atoms with Gasteiger partial charge in [0.1, 0.15) is 17.4 Å². The van der Waals surface area contributed by atoms with Gasteiger partial charge in [-0.3, -0.25) is 9.52 Å². The highest BCUT2D eigenvalue weighted by Gasteiger charge is 2.31. The molecule has 3 amide bonds. The van der Waals surface area contributed by atoms with Crippen LogP contribution in [0.2, 0.25) is 0 Å². The average Bonchev–Trinajstić information content (AvgIpc) is 3.07. The molecular formula is C35H44F2N4O7S. The van der Waals surface area contributed by atoms with E-state index in [0.29, 0.717) is 18.7 Å². The predicted molar refractivity (Wildman–Crippen MR) is 182 cm³/mol. The highest BCUT2D eigenvalue weighted by atomic mass is 32.2. The molecule has 3 aromatic carbocycles. The number of hydrogen-bond donors (Lipinski definition) is 3. The molecular weight excluding hydrogens is 658 g/mol. The largest absolute Gasteiger partial charge is 0.490 e. The Morgan fingerprint density at radius 1 is 1.02 bits per heavy atom. The molecule has 3 aromatic rings. The first-order valence-electron chi connectivity index (χ1n) is 16.2. The molecule has 49 heavy (non-hydrogen) atoms. The normalized spacial score (nSPS) is 19.9. The third kappa shape index (κ3) is 10.4.